The van der Waals surface area contributed by atoms with Crippen molar-refractivity contribution in [3.63, 3.8) is 0 Å². The molecule has 0 spiro atoms. The molecule has 5 heteroatoms. The molecule has 2 rings (SSSR count). The average molecular weight is 316 g/mol. The van der Waals surface area contributed by atoms with E-state index < -0.39 is 0 Å². The van der Waals surface area contributed by atoms with Gasteiger partial charge in [-0.05, 0) is 45.6 Å². The summed E-state index contributed by atoms with van der Waals surface area (Å²) >= 11 is 7.74. The maximum Gasteiger partial charge on any atom is 0.0931 e. The summed E-state index contributed by atoms with van der Waals surface area (Å²) in [6.45, 7) is 6.73. The maximum absolute atomic E-state index is 6.04. The minimum absolute atomic E-state index is 0.536. The van der Waals surface area contributed by atoms with Crippen molar-refractivity contribution in [1.29, 1.82) is 0 Å². The zero-order valence-corrected chi connectivity index (χ0v) is 14.3. The lowest BCUT2D eigenvalue weighted by molar-refractivity contribution is 0.101. The number of likely N-dealkylation sites (N-methyl/N-ethyl adjacent to an activating group) is 3. The Labute approximate surface area is 131 Å². The first-order valence-electron chi connectivity index (χ1n) is 7.45. The average Bonchev–Trinajstić information content (AvgIpc) is 2.79. The first-order chi connectivity index (χ1) is 9.58. The lowest BCUT2D eigenvalue weighted by Crippen LogP contribution is -2.52. The van der Waals surface area contributed by atoms with Crippen molar-refractivity contribution in [1.82, 2.24) is 15.1 Å². The summed E-state index contributed by atoms with van der Waals surface area (Å²) in [6, 6.07) is 5.35. The smallest absolute Gasteiger partial charge is 0.0931 e. The minimum atomic E-state index is 0.536. The SMILES string of the molecule is CCNC(Cc1ccc(Cl)s1)CC1CN(C)CCN1C. The second-order valence-electron chi connectivity index (χ2n) is 5.80. The molecule has 0 saturated carbocycles. The fraction of sp³-hybridized carbons (Fsp3) is 0.733. The monoisotopic (exact) mass is 315 g/mol. The predicted molar refractivity (Wildman–Crippen MR) is 89.0 cm³/mol. The third-order valence-electron chi connectivity index (χ3n) is 4.11. The molecule has 114 valence electrons. The third-order valence-corrected chi connectivity index (χ3v) is 5.36. The van der Waals surface area contributed by atoms with Gasteiger partial charge in [-0.2, -0.15) is 0 Å². The Balaban J connectivity index is 1.93. The van der Waals surface area contributed by atoms with Crippen molar-refractivity contribution < 1.29 is 0 Å². The van der Waals surface area contributed by atoms with Gasteiger partial charge in [0.05, 0.1) is 4.34 Å². The van der Waals surface area contributed by atoms with E-state index in [-0.39, 0.29) is 0 Å². The van der Waals surface area contributed by atoms with Crippen LogP contribution in [-0.4, -0.2) is 62.2 Å². The standard InChI is InChI=1S/C15H26ClN3S/c1-4-17-12(10-14-5-6-15(16)20-14)9-13-11-18(2)7-8-19(13)3/h5-6,12-13,17H,4,7-11H2,1-3H3. The number of nitrogens with one attached hydrogen (secondary N) is 1. The molecule has 1 saturated heterocycles. The van der Waals surface area contributed by atoms with Gasteiger partial charge in [-0.1, -0.05) is 18.5 Å². The lowest BCUT2D eigenvalue weighted by Gasteiger charge is -2.39. The van der Waals surface area contributed by atoms with Crippen LogP contribution in [0.5, 0.6) is 0 Å². The number of thiophene rings is 1. The zero-order valence-electron chi connectivity index (χ0n) is 12.7. The highest BCUT2D eigenvalue weighted by Gasteiger charge is 2.25. The number of nitrogens with zero attached hydrogens (tertiary/aromatic N) is 2. The highest BCUT2D eigenvalue weighted by Crippen LogP contribution is 2.24. The quantitative estimate of drug-likeness (QED) is 0.870. The summed E-state index contributed by atoms with van der Waals surface area (Å²) in [5.74, 6) is 0. The molecule has 0 bridgehead atoms. The van der Waals surface area contributed by atoms with E-state index in [9.17, 15) is 0 Å². The van der Waals surface area contributed by atoms with E-state index >= 15 is 0 Å². The van der Waals surface area contributed by atoms with E-state index in [0.29, 0.717) is 12.1 Å². The van der Waals surface area contributed by atoms with Gasteiger partial charge in [0.2, 0.25) is 0 Å². The molecule has 1 aliphatic rings. The molecule has 2 atom stereocenters. The molecular weight excluding hydrogens is 290 g/mol. The van der Waals surface area contributed by atoms with Crippen LogP contribution in [-0.2, 0) is 6.42 Å². The summed E-state index contributed by atoms with van der Waals surface area (Å²) in [4.78, 5) is 6.33. The Morgan fingerprint density at radius 3 is 2.85 bits per heavy atom. The molecule has 0 amide bonds. The summed E-state index contributed by atoms with van der Waals surface area (Å²) in [7, 11) is 4.48. The largest absolute Gasteiger partial charge is 0.314 e. The number of hydrogen-bond donors (Lipinski definition) is 1. The summed E-state index contributed by atoms with van der Waals surface area (Å²) in [5, 5.41) is 3.64. The Morgan fingerprint density at radius 1 is 1.40 bits per heavy atom. The van der Waals surface area contributed by atoms with Crippen molar-refractivity contribution in [3.8, 4) is 0 Å². The molecule has 0 radical (unpaired) electrons. The van der Waals surface area contributed by atoms with Gasteiger partial charge >= 0.3 is 0 Å². The van der Waals surface area contributed by atoms with Crippen molar-refractivity contribution in [3.05, 3.63) is 21.3 Å². The van der Waals surface area contributed by atoms with Crippen LogP contribution in [0.4, 0.5) is 0 Å². The van der Waals surface area contributed by atoms with E-state index in [2.05, 4.69) is 42.2 Å². The number of halogens is 1. The van der Waals surface area contributed by atoms with Crippen molar-refractivity contribution in [2.24, 2.45) is 0 Å². The van der Waals surface area contributed by atoms with Gasteiger partial charge in [-0.15, -0.1) is 11.3 Å². The topological polar surface area (TPSA) is 18.5 Å². The highest BCUT2D eigenvalue weighted by atomic mass is 35.5. The van der Waals surface area contributed by atoms with Gasteiger partial charge in [-0.3, -0.25) is 0 Å². The van der Waals surface area contributed by atoms with Crippen molar-refractivity contribution in [2.45, 2.75) is 31.8 Å². The molecule has 1 fully saturated rings. The summed E-state index contributed by atoms with van der Waals surface area (Å²) < 4.78 is 0.893. The lowest BCUT2D eigenvalue weighted by atomic mass is 10.0. The van der Waals surface area contributed by atoms with E-state index in [1.54, 1.807) is 11.3 Å². The molecular formula is C15H26ClN3S. The second kappa shape index (κ2) is 7.76. The van der Waals surface area contributed by atoms with Gasteiger partial charge in [-0.25, -0.2) is 0 Å². The molecule has 3 nitrogen and oxygen atoms in total. The van der Waals surface area contributed by atoms with Gasteiger partial charge in [0, 0.05) is 36.6 Å². The molecule has 20 heavy (non-hydrogen) atoms. The minimum Gasteiger partial charge on any atom is -0.314 e. The first-order valence-corrected chi connectivity index (χ1v) is 8.64. The van der Waals surface area contributed by atoms with Crippen molar-refractivity contribution in [2.75, 3.05) is 40.3 Å². The van der Waals surface area contributed by atoms with Crippen LogP contribution in [0, 0.1) is 0 Å². The van der Waals surface area contributed by atoms with Crippen molar-refractivity contribution >= 4 is 22.9 Å². The fourth-order valence-corrected chi connectivity index (χ4v) is 4.08. The van der Waals surface area contributed by atoms with E-state index in [4.69, 9.17) is 11.6 Å². The Morgan fingerprint density at radius 2 is 2.20 bits per heavy atom. The normalized spacial score (nSPS) is 23.1. The van der Waals surface area contributed by atoms with Gasteiger partial charge in [0.25, 0.3) is 0 Å². The molecule has 1 N–H and O–H groups in total. The van der Waals surface area contributed by atoms with Crippen LogP contribution in [0.1, 0.15) is 18.2 Å². The summed E-state index contributed by atoms with van der Waals surface area (Å²) in [6.07, 6.45) is 2.28. The second-order valence-corrected chi connectivity index (χ2v) is 7.60. The molecule has 2 unspecified atom stereocenters. The molecule has 1 aromatic heterocycles. The predicted octanol–water partition coefficient (Wildman–Crippen LogP) is 2.56. The van der Waals surface area contributed by atoms with Crippen LogP contribution < -0.4 is 5.32 Å². The number of piperazine rings is 1. The number of rotatable bonds is 6. The molecule has 0 aliphatic carbocycles. The molecule has 1 aromatic rings. The van der Waals surface area contributed by atoms with Crippen LogP contribution >= 0.6 is 22.9 Å². The highest BCUT2D eigenvalue weighted by molar-refractivity contribution is 7.16. The van der Waals surface area contributed by atoms with Gasteiger partial charge in [0.15, 0.2) is 0 Å². The fourth-order valence-electron chi connectivity index (χ4n) is 2.92. The third kappa shape index (κ3) is 4.71. The van der Waals surface area contributed by atoms with E-state index in [1.807, 2.05) is 6.07 Å². The van der Waals surface area contributed by atoms with Crippen LogP contribution in [0.2, 0.25) is 4.34 Å². The van der Waals surface area contributed by atoms with Crippen LogP contribution in [0.25, 0.3) is 0 Å². The molecule has 0 aromatic carbocycles. The van der Waals surface area contributed by atoms with E-state index in [1.165, 1.54) is 30.9 Å². The van der Waals surface area contributed by atoms with Gasteiger partial charge in [0.1, 0.15) is 0 Å². The Kier molecular flexibility index (Phi) is 6.30. The zero-order chi connectivity index (χ0) is 14.5. The Bertz CT molecular complexity index is 410. The van der Waals surface area contributed by atoms with Gasteiger partial charge < -0.3 is 15.1 Å². The molecule has 2 heterocycles. The van der Waals surface area contributed by atoms with Crippen LogP contribution in [0.15, 0.2) is 12.1 Å². The summed E-state index contributed by atoms with van der Waals surface area (Å²) in [5.41, 5.74) is 0. The molecule has 1 aliphatic heterocycles. The first kappa shape index (κ1) is 16.2. The number of hydrogen-bond acceptors (Lipinski definition) is 4. The van der Waals surface area contributed by atoms with E-state index in [0.717, 1.165) is 17.3 Å². The van der Waals surface area contributed by atoms with Crippen LogP contribution in [0.3, 0.4) is 0 Å². The Hall–Kier alpha value is -0.130. The maximum atomic E-state index is 6.04.